The quantitative estimate of drug-likeness (QED) is 0.661. The molecule has 0 saturated heterocycles. The number of carbonyl (C=O) groups excluding carboxylic acids is 1. The fourth-order valence-electron chi connectivity index (χ4n) is 2.47. The van der Waals surface area contributed by atoms with Crippen molar-refractivity contribution in [2.75, 3.05) is 0 Å². The van der Waals surface area contributed by atoms with E-state index < -0.39 is 0 Å². The summed E-state index contributed by atoms with van der Waals surface area (Å²) in [6, 6.07) is 10.2. The van der Waals surface area contributed by atoms with Gasteiger partial charge in [-0.2, -0.15) is 0 Å². The summed E-state index contributed by atoms with van der Waals surface area (Å²) in [6.45, 7) is 6.11. The number of fused-ring (bicyclic) bond motifs is 1. The number of nitrogens with zero attached hydrogens (tertiary/aromatic N) is 2. The molecule has 0 N–H and O–H groups in total. The fourth-order valence-corrected chi connectivity index (χ4v) is 2.47. The molecule has 2 aromatic heterocycles. The molecule has 0 aliphatic rings. The van der Waals surface area contributed by atoms with Gasteiger partial charge in [0.25, 0.3) is 0 Å². The number of rotatable bonds is 2. The highest BCUT2D eigenvalue weighted by Crippen LogP contribution is 2.27. The highest BCUT2D eigenvalue weighted by Gasteiger charge is 2.15. The number of aryl methyl sites for hydroxylation is 3. The van der Waals surface area contributed by atoms with Gasteiger partial charge in [0.1, 0.15) is 17.0 Å². The fraction of sp³-hybridized carbons (Fsp3) is 0.176. The first-order valence-electron chi connectivity index (χ1n) is 6.61. The van der Waals surface area contributed by atoms with E-state index in [0.29, 0.717) is 5.69 Å². The summed E-state index contributed by atoms with van der Waals surface area (Å²) < 4.78 is 1.84. The van der Waals surface area contributed by atoms with Crippen molar-refractivity contribution in [3.05, 3.63) is 58.9 Å². The summed E-state index contributed by atoms with van der Waals surface area (Å²) in [6.07, 6.45) is 2.78. The summed E-state index contributed by atoms with van der Waals surface area (Å²) in [7, 11) is 0. The lowest BCUT2D eigenvalue weighted by Gasteiger charge is -2.05. The van der Waals surface area contributed by atoms with Crippen LogP contribution >= 0.6 is 0 Å². The van der Waals surface area contributed by atoms with Crippen molar-refractivity contribution in [3.63, 3.8) is 0 Å². The van der Waals surface area contributed by atoms with E-state index in [4.69, 9.17) is 0 Å². The monoisotopic (exact) mass is 264 g/mol. The molecule has 0 radical (unpaired) electrons. The van der Waals surface area contributed by atoms with Gasteiger partial charge in [-0.15, -0.1) is 0 Å². The van der Waals surface area contributed by atoms with Gasteiger partial charge in [-0.3, -0.25) is 9.20 Å². The molecule has 0 saturated carbocycles. The van der Waals surface area contributed by atoms with Gasteiger partial charge in [0.05, 0.1) is 0 Å². The average molecular weight is 264 g/mol. The minimum absolute atomic E-state index is 0.605. The van der Waals surface area contributed by atoms with Gasteiger partial charge in [0.2, 0.25) is 0 Å². The molecule has 0 bridgehead atoms. The van der Waals surface area contributed by atoms with Crippen LogP contribution in [0.3, 0.4) is 0 Å². The van der Waals surface area contributed by atoms with Crippen LogP contribution in [0.5, 0.6) is 0 Å². The zero-order valence-electron chi connectivity index (χ0n) is 11.8. The number of aromatic nitrogens is 2. The maximum Gasteiger partial charge on any atom is 0.169 e. The molecule has 0 amide bonds. The van der Waals surface area contributed by atoms with Crippen LogP contribution in [0.25, 0.3) is 16.9 Å². The molecule has 0 unspecified atom stereocenters. The van der Waals surface area contributed by atoms with Gasteiger partial charge in [-0.05, 0) is 50.1 Å². The molecule has 0 spiro atoms. The molecule has 0 aliphatic carbocycles. The second kappa shape index (κ2) is 4.60. The molecule has 1 aromatic carbocycles. The maximum absolute atomic E-state index is 11.5. The van der Waals surface area contributed by atoms with Crippen LogP contribution in [0.4, 0.5) is 0 Å². The largest absolute Gasteiger partial charge is 0.297 e. The summed E-state index contributed by atoms with van der Waals surface area (Å²) in [4.78, 5) is 16.1. The summed E-state index contributed by atoms with van der Waals surface area (Å²) in [5, 5.41) is 0. The average Bonchev–Trinajstić information content (AvgIpc) is 2.78. The Morgan fingerprint density at radius 2 is 1.80 bits per heavy atom. The normalized spacial score (nSPS) is 10.9. The second-order valence-electron chi connectivity index (χ2n) is 5.21. The van der Waals surface area contributed by atoms with Crippen LogP contribution in [-0.4, -0.2) is 15.7 Å². The predicted octanol–water partition coefficient (Wildman–Crippen LogP) is 3.74. The Morgan fingerprint density at radius 3 is 2.55 bits per heavy atom. The predicted molar refractivity (Wildman–Crippen MR) is 80.2 cm³/mol. The molecule has 3 nitrogen and oxygen atoms in total. The minimum Gasteiger partial charge on any atom is -0.297 e. The van der Waals surface area contributed by atoms with Crippen molar-refractivity contribution in [1.82, 2.24) is 9.38 Å². The Hall–Kier alpha value is -2.42. The van der Waals surface area contributed by atoms with Crippen LogP contribution < -0.4 is 0 Å². The van der Waals surface area contributed by atoms with E-state index in [0.717, 1.165) is 39.9 Å². The number of hydrogen-bond donors (Lipinski definition) is 0. The van der Waals surface area contributed by atoms with Gasteiger partial charge >= 0.3 is 0 Å². The molecule has 3 rings (SSSR count). The topological polar surface area (TPSA) is 34.4 Å². The molecule has 0 aliphatic heterocycles. The zero-order chi connectivity index (χ0) is 14.3. The summed E-state index contributed by atoms with van der Waals surface area (Å²) in [5.74, 6) is 0. The number of benzene rings is 1. The molecule has 0 atom stereocenters. The standard InChI is InChI=1S/C17H16N2O/c1-11-4-5-13(3)14(8-11)17-15(10-20)19-7-6-12(2)9-16(19)18-17/h4-10H,1-3H3. The van der Waals surface area contributed by atoms with Crippen molar-refractivity contribution in [2.45, 2.75) is 20.8 Å². The molecule has 3 aromatic rings. The highest BCUT2D eigenvalue weighted by atomic mass is 16.1. The summed E-state index contributed by atoms with van der Waals surface area (Å²) in [5.41, 5.74) is 6.61. The van der Waals surface area contributed by atoms with Gasteiger partial charge in [0.15, 0.2) is 6.29 Å². The van der Waals surface area contributed by atoms with Crippen molar-refractivity contribution in [2.24, 2.45) is 0 Å². The van der Waals surface area contributed by atoms with Crippen LogP contribution in [0, 0.1) is 20.8 Å². The third-order valence-electron chi connectivity index (χ3n) is 3.58. The Bertz CT molecular complexity index is 815. The first kappa shape index (κ1) is 12.6. The molecule has 2 heterocycles. The van der Waals surface area contributed by atoms with Crippen LogP contribution in [0.15, 0.2) is 36.5 Å². The van der Waals surface area contributed by atoms with Crippen molar-refractivity contribution >= 4 is 11.9 Å². The smallest absolute Gasteiger partial charge is 0.169 e. The molecule has 3 heteroatoms. The number of hydrogen-bond acceptors (Lipinski definition) is 2. The maximum atomic E-state index is 11.5. The van der Waals surface area contributed by atoms with Gasteiger partial charge in [-0.25, -0.2) is 4.98 Å². The van der Waals surface area contributed by atoms with E-state index in [1.807, 2.05) is 43.5 Å². The van der Waals surface area contributed by atoms with Crippen LogP contribution in [0.1, 0.15) is 27.2 Å². The lowest BCUT2D eigenvalue weighted by molar-refractivity contribution is 0.111. The van der Waals surface area contributed by atoms with Crippen molar-refractivity contribution < 1.29 is 4.79 Å². The third-order valence-corrected chi connectivity index (χ3v) is 3.58. The third kappa shape index (κ3) is 1.92. The first-order chi connectivity index (χ1) is 9.60. The van der Waals surface area contributed by atoms with Crippen molar-refractivity contribution in [1.29, 1.82) is 0 Å². The van der Waals surface area contributed by atoms with E-state index in [1.54, 1.807) is 0 Å². The lowest BCUT2D eigenvalue weighted by atomic mass is 10.0. The van der Waals surface area contributed by atoms with Gasteiger partial charge in [-0.1, -0.05) is 17.7 Å². The Balaban J connectivity index is 2.35. The molecular formula is C17H16N2O. The molecule has 100 valence electrons. The van der Waals surface area contributed by atoms with Gasteiger partial charge < -0.3 is 0 Å². The summed E-state index contributed by atoms with van der Waals surface area (Å²) >= 11 is 0. The Kier molecular flexibility index (Phi) is 2.90. The number of aldehydes is 1. The van der Waals surface area contributed by atoms with Crippen LogP contribution in [0.2, 0.25) is 0 Å². The first-order valence-corrected chi connectivity index (χ1v) is 6.61. The van der Waals surface area contributed by atoms with Gasteiger partial charge in [0, 0.05) is 11.8 Å². The van der Waals surface area contributed by atoms with Crippen LogP contribution in [-0.2, 0) is 0 Å². The number of pyridine rings is 1. The minimum atomic E-state index is 0.605. The van der Waals surface area contributed by atoms with Crippen molar-refractivity contribution in [3.8, 4) is 11.3 Å². The van der Waals surface area contributed by atoms with E-state index in [9.17, 15) is 4.79 Å². The second-order valence-corrected chi connectivity index (χ2v) is 5.21. The van der Waals surface area contributed by atoms with E-state index >= 15 is 0 Å². The van der Waals surface area contributed by atoms with E-state index in [1.165, 1.54) is 0 Å². The van der Waals surface area contributed by atoms with E-state index in [2.05, 4.69) is 23.2 Å². The Labute approximate surface area is 117 Å². The molecular weight excluding hydrogens is 248 g/mol. The van der Waals surface area contributed by atoms with E-state index in [-0.39, 0.29) is 0 Å². The number of imidazole rings is 1. The molecule has 0 fully saturated rings. The zero-order valence-corrected chi connectivity index (χ0v) is 11.8. The Morgan fingerprint density at radius 1 is 1.05 bits per heavy atom. The highest BCUT2D eigenvalue weighted by molar-refractivity contribution is 5.87. The SMILES string of the molecule is Cc1ccc(C)c(-c2nc3cc(C)ccn3c2C=O)c1. The molecule has 20 heavy (non-hydrogen) atoms. The lowest BCUT2D eigenvalue weighted by Crippen LogP contribution is -1.93. The number of carbonyl (C=O) groups is 1.